The van der Waals surface area contributed by atoms with Crippen LogP contribution in [-0.4, -0.2) is 51.4 Å². The molecule has 1 saturated heterocycles. The molecule has 138 valence electrons. The molecule has 1 atom stereocenters. The molecular formula is C19H23N3O4. The highest BCUT2D eigenvalue weighted by molar-refractivity contribution is 5.94. The van der Waals surface area contributed by atoms with Crippen molar-refractivity contribution in [2.75, 3.05) is 19.7 Å². The van der Waals surface area contributed by atoms with Crippen LogP contribution in [-0.2, 0) is 4.79 Å². The molecule has 3 rings (SSSR count). The molecular weight excluding hydrogens is 334 g/mol. The fourth-order valence-electron chi connectivity index (χ4n) is 3.40. The second-order valence-corrected chi connectivity index (χ2v) is 6.63. The number of carboxylic acid groups (broad SMARTS) is 1. The maximum absolute atomic E-state index is 12.9. The molecule has 0 bridgehead atoms. The second kappa shape index (κ2) is 7.59. The van der Waals surface area contributed by atoms with E-state index in [2.05, 4.69) is 5.10 Å². The van der Waals surface area contributed by atoms with Crippen LogP contribution in [0.15, 0.2) is 30.3 Å². The van der Waals surface area contributed by atoms with Crippen molar-refractivity contribution in [3.8, 4) is 5.75 Å². The smallest absolute Gasteiger partial charge is 0.341 e. The number of likely N-dealkylation sites (tertiary alicyclic amines) is 1. The van der Waals surface area contributed by atoms with Gasteiger partial charge in [0.25, 0.3) is 5.91 Å². The van der Waals surface area contributed by atoms with Gasteiger partial charge in [-0.2, -0.15) is 5.10 Å². The first-order valence-electron chi connectivity index (χ1n) is 8.70. The van der Waals surface area contributed by atoms with Gasteiger partial charge in [0.05, 0.1) is 11.7 Å². The minimum Gasteiger partial charge on any atom is -0.482 e. The Kier molecular flexibility index (Phi) is 5.25. The largest absolute Gasteiger partial charge is 0.482 e. The summed E-state index contributed by atoms with van der Waals surface area (Å²) in [6.07, 6.45) is 1.91. The van der Waals surface area contributed by atoms with Crippen molar-refractivity contribution in [2.45, 2.75) is 32.7 Å². The van der Waals surface area contributed by atoms with Crippen LogP contribution in [0.25, 0.3) is 0 Å². The van der Waals surface area contributed by atoms with Gasteiger partial charge in [0.15, 0.2) is 6.61 Å². The zero-order valence-corrected chi connectivity index (χ0v) is 15.0. The Bertz CT molecular complexity index is 815. The van der Waals surface area contributed by atoms with Crippen molar-refractivity contribution in [3.63, 3.8) is 0 Å². The summed E-state index contributed by atoms with van der Waals surface area (Å²) in [5.41, 5.74) is 2.59. The van der Waals surface area contributed by atoms with E-state index >= 15 is 0 Å². The fraction of sp³-hybridized carbons (Fsp3) is 0.421. The average molecular weight is 357 g/mol. The van der Waals surface area contributed by atoms with Crippen LogP contribution in [0, 0.1) is 13.8 Å². The van der Waals surface area contributed by atoms with E-state index in [9.17, 15) is 9.59 Å². The maximum Gasteiger partial charge on any atom is 0.341 e. The van der Waals surface area contributed by atoms with E-state index in [1.54, 1.807) is 24.3 Å². The molecule has 1 N–H and O–H groups in total. The number of nitrogens with zero attached hydrogens (tertiary/aromatic N) is 3. The van der Waals surface area contributed by atoms with E-state index in [0.717, 1.165) is 24.2 Å². The number of amides is 1. The van der Waals surface area contributed by atoms with E-state index in [4.69, 9.17) is 9.84 Å². The standard InChI is InChI=1S/C19H23N3O4/c1-13-9-14(2)22(20-13)16-6-4-8-21(11-16)19(25)15-5-3-7-17(10-15)26-12-18(23)24/h3,5,7,9-10,16H,4,6,8,11-12H2,1-2H3,(H,23,24). The van der Waals surface area contributed by atoms with Crippen LogP contribution in [0.4, 0.5) is 0 Å². The van der Waals surface area contributed by atoms with Crippen LogP contribution >= 0.6 is 0 Å². The molecule has 7 heteroatoms. The molecule has 1 amide bonds. The number of piperidine rings is 1. The molecule has 1 aliphatic heterocycles. The van der Waals surface area contributed by atoms with Crippen molar-refractivity contribution in [2.24, 2.45) is 0 Å². The Morgan fingerprint density at radius 3 is 2.81 bits per heavy atom. The third-order valence-electron chi connectivity index (χ3n) is 4.52. The first-order chi connectivity index (χ1) is 12.4. The summed E-state index contributed by atoms with van der Waals surface area (Å²) in [5.74, 6) is -0.743. The number of carboxylic acids is 1. The SMILES string of the molecule is Cc1cc(C)n(C2CCCN(C(=O)c3cccc(OCC(=O)O)c3)C2)n1. The van der Waals surface area contributed by atoms with Crippen molar-refractivity contribution in [1.29, 1.82) is 0 Å². The van der Waals surface area contributed by atoms with E-state index in [0.29, 0.717) is 24.4 Å². The third kappa shape index (κ3) is 4.04. The highest BCUT2D eigenvalue weighted by atomic mass is 16.5. The van der Waals surface area contributed by atoms with E-state index in [1.165, 1.54) is 0 Å². The molecule has 0 spiro atoms. The summed E-state index contributed by atoms with van der Waals surface area (Å²) in [7, 11) is 0. The van der Waals surface area contributed by atoms with Gasteiger partial charge in [-0.05, 0) is 51.0 Å². The third-order valence-corrected chi connectivity index (χ3v) is 4.52. The van der Waals surface area contributed by atoms with Gasteiger partial charge in [0.2, 0.25) is 0 Å². The first kappa shape index (κ1) is 18.0. The summed E-state index contributed by atoms with van der Waals surface area (Å²) < 4.78 is 7.19. The first-order valence-corrected chi connectivity index (χ1v) is 8.70. The van der Waals surface area contributed by atoms with Crippen LogP contribution in [0.5, 0.6) is 5.75 Å². The summed E-state index contributed by atoms with van der Waals surface area (Å²) in [6.45, 7) is 4.89. The highest BCUT2D eigenvalue weighted by Gasteiger charge is 2.27. The lowest BCUT2D eigenvalue weighted by atomic mass is 10.0. The molecule has 0 aliphatic carbocycles. The van der Waals surface area contributed by atoms with Gasteiger partial charge in [-0.3, -0.25) is 9.48 Å². The van der Waals surface area contributed by atoms with Gasteiger partial charge in [0.1, 0.15) is 5.75 Å². The number of benzene rings is 1. The van der Waals surface area contributed by atoms with Crippen LogP contribution in [0.2, 0.25) is 0 Å². The van der Waals surface area contributed by atoms with Crippen molar-refractivity contribution < 1.29 is 19.4 Å². The van der Waals surface area contributed by atoms with Gasteiger partial charge in [-0.15, -0.1) is 0 Å². The van der Waals surface area contributed by atoms with Crippen LogP contribution < -0.4 is 4.74 Å². The van der Waals surface area contributed by atoms with Gasteiger partial charge >= 0.3 is 5.97 Å². The van der Waals surface area contributed by atoms with Gasteiger partial charge in [-0.1, -0.05) is 6.07 Å². The molecule has 1 fully saturated rings. The van der Waals surface area contributed by atoms with Gasteiger partial charge in [-0.25, -0.2) is 4.79 Å². The van der Waals surface area contributed by atoms with Crippen LogP contribution in [0.3, 0.4) is 0 Å². The molecule has 1 aliphatic rings. The predicted molar refractivity (Wildman–Crippen MR) is 95.4 cm³/mol. The van der Waals surface area contributed by atoms with Gasteiger partial charge in [0, 0.05) is 24.3 Å². The number of rotatable bonds is 5. The maximum atomic E-state index is 12.9. The van der Waals surface area contributed by atoms with E-state index < -0.39 is 12.6 Å². The van der Waals surface area contributed by atoms with Crippen molar-refractivity contribution >= 4 is 11.9 Å². The number of aromatic nitrogens is 2. The molecule has 2 aromatic rings. The number of carbonyl (C=O) groups excluding carboxylic acids is 1. The molecule has 26 heavy (non-hydrogen) atoms. The molecule has 0 radical (unpaired) electrons. The highest BCUT2D eigenvalue weighted by Crippen LogP contribution is 2.25. The van der Waals surface area contributed by atoms with Crippen LogP contribution in [0.1, 0.15) is 40.6 Å². The Morgan fingerprint density at radius 2 is 2.12 bits per heavy atom. The zero-order valence-electron chi connectivity index (χ0n) is 15.0. The predicted octanol–water partition coefficient (Wildman–Crippen LogP) is 2.44. The molecule has 0 saturated carbocycles. The zero-order chi connectivity index (χ0) is 18.7. The number of aryl methyl sites for hydroxylation is 2. The number of hydrogen-bond donors (Lipinski definition) is 1. The Labute approximate surface area is 152 Å². The van der Waals surface area contributed by atoms with Gasteiger partial charge < -0.3 is 14.7 Å². The normalized spacial score (nSPS) is 17.2. The number of ether oxygens (including phenoxy) is 1. The van der Waals surface area contributed by atoms with Crippen molar-refractivity contribution in [3.05, 3.63) is 47.3 Å². The van der Waals surface area contributed by atoms with E-state index in [-0.39, 0.29) is 11.9 Å². The molecule has 7 nitrogen and oxygen atoms in total. The lowest BCUT2D eigenvalue weighted by Gasteiger charge is -2.33. The average Bonchev–Trinajstić information content (AvgIpc) is 2.98. The monoisotopic (exact) mass is 357 g/mol. The molecule has 1 unspecified atom stereocenters. The Hall–Kier alpha value is -2.83. The molecule has 1 aromatic heterocycles. The second-order valence-electron chi connectivity index (χ2n) is 6.63. The molecule has 2 heterocycles. The Morgan fingerprint density at radius 1 is 1.31 bits per heavy atom. The summed E-state index contributed by atoms with van der Waals surface area (Å²) in [6, 6.07) is 8.89. The summed E-state index contributed by atoms with van der Waals surface area (Å²) in [5, 5.41) is 13.3. The van der Waals surface area contributed by atoms with Crippen molar-refractivity contribution in [1.82, 2.24) is 14.7 Å². The lowest BCUT2D eigenvalue weighted by Crippen LogP contribution is -2.41. The minimum absolute atomic E-state index is 0.0722. The number of hydrogen-bond acceptors (Lipinski definition) is 4. The summed E-state index contributed by atoms with van der Waals surface area (Å²) in [4.78, 5) is 25.3. The minimum atomic E-state index is -1.05. The number of carbonyl (C=O) groups is 2. The molecule has 1 aromatic carbocycles. The summed E-state index contributed by atoms with van der Waals surface area (Å²) >= 11 is 0. The fourth-order valence-corrected chi connectivity index (χ4v) is 3.40. The Balaban J connectivity index is 1.72. The lowest BCUT2D eigenvalue weighted by molar-refractivity contribution is -0.139. The number of aliphatic carboxylic acids is 1. The topological polar surface area (TPSA) is 84.7 Å². The van der Waals surface area contributed by atoms with E-state index in [1.807, 2.05) is 29.5 Å². The quantitative estimate of drug-likeness (QED) is 0.888.